The fourth-order valence-electron chi connectivity index (χ4n) is 4.95. The lowest BCUT2D eigenvalue weighted by atomic mass is 9.55. The van der Waals surface area contributed by atoms with Crippen LogP contribution in [0.2, 0.25) is 0 Å². The van der Waals surface area contributed by atoms with Crippen molar-refractivity contribution in [3.05, 3.63) is 24.4 Å². The van der Waals surface area contributed by atoms with Gasteiger partial charge in [-0.25, -0.2) is 4.98 Å². The Labute approximate surface area is 162 Å². The molecule has 2 aliphatic heterocycles. The topological polar surface area (TPSA) is 59.0 Å². The molecule has 4 atom stereocenters. The van der Waals surface area contributed by atoms with E-state index >= 15 is 0 Å². The number of hydrogen-bond donors (Lipinski definition) is 1. The number of hydrogen-bond acceptors (Lipinski definition) is 4. The molecule has 4 unspecified atom stereocenters. The molecule has 27 heavy (non-hydrogen) atoms. The molecule has 0 radical (unpaired) electrons. The summed E-state index contributed by atoms with van der Waals surface area (Å²) in [6, 6.07) is 6.21. The maximum Gasteiger partial charge on any atom is 0.213 e. The summed E-state index contributed by atoms with van der Waals surface area (Å²) < 4.78 is 12.1. The van der Waals surface area contributed by atoms with Gasteiger partial charge in [-0.15, -0.1) is 0 Å². The predicted molar refractivity (Wildman–Crippen MR) is 106 cm³/mol. The summed E-state index contributed by atoms with van der Waals surface area (Å²) in [5, 5.41) is 3.79. The van der Waals surface area contributed by atoms with E-state index in [1.807, 2.05) is 18.2 Å². The molecule has 1 aliphatic carbocycles. The van der Waals surface area contributed by atoms with Crippen molar-refractivity contribution < 1.29 is 9.47 Å². The van der Waals surface area contributed by atoms with Crippen LogP contribution in [0.1, 0.15) is 40.0 Å². The first kappa shape index (κ1) is 18.5. The smallest absolute Gasteiger partial charge is 0.213 e. The van der Waals surface area contributed by atoms with Gasteiger partial charge < -0.3 is 19.7 Å². The summed E-state index contributed by atoms with van der Waals surface area (Å²) in [4.78, 5) is 11.4. The average Bonchev–Trinajstić information content (AvgIpc) is 3.14. The third-order valence-corrected chi connectivity index (χ3v) is 6.29. The lowest BCUT2D eigenvalue weighted by Crippen LogP contribution is -2.71. The number of guanidine groups is 1. The molecule has 0 spiro atoms. The zero-order chi connectivity index (χ0) is 18.9. The molecule has 148 valence electrons. The predicted octanol–water partition coefficient (Wildman–Crippen LogP) is 2.70. The molecule has 6 nitrogen and oxygen atoms in total. The number of rotatable bonds is 4. The van der Waals surface area contributed by atoms with Crippen molar-refractivity contribution in [1.82, 2.24) is 15.2 Å². The minimum Gasteiger partial charge on any atom is -0.472 e. The van der Waals surface area contributed by atoms with Gasteiger partial charge in [-0.1, -0.05) is 19.9 Å². The van der Waals surface area contributed by atoms with Gasteiger partial charge in [0.2, 0.25) is 5.88 Å². The van der Waals surface area contributed by atoms with Crippen molar-refractivity contribution >= 4 is 5.96 Å². The Bertz CT molecular complexity index is 663. The van der Waals surface area contributed by atoms with Crippen molar-refractivity contribution in [2.75, 3.05) is 26.2 Å². The summed E-state index contributed by atoms with van der Waals surface area (Å²) in [6.45, 7) is 10.2. The molecule has 4 rings (SSSR count). The molecule has 1 N–H and O–H groups in total. The molecule has 0 bridgehead atoms. The first-order valence-electron chi connectivity index (χ1n) is 10.3. The van der Waals surface area contributed by atoms with E-state index in [2.05, 4.69) is 36.0 Å². The Morgan fingerprint density at radius 3 is 3.07 bits per heavy atom. The number of nitrogens with one attached hydrogen (secondary N) is 1. The minimum absolute atomic E-state index is 0.142. The second kappa shape index (κ2) is 7.66. The van der Waals surface area contributed by atoms with Crippen LogP contribution in [0.4, 0.5) is 0 Å². The minimum atomic E-state index is 0.142. The molecule has 2 saturated heterocycles. The van der Waals surface area contributed by atoms with Gasteiger partial charge in [-0.2, -0.15) is 0 Å². The molecule has 1 aromatic rings. The lowest BCUT2D eigenvalue weighted by molar-refractivity contribution is -0.188. The van der Waals surface area contributed by atoms with E-state index < -0.39 is 0 Å². The summed E-state index contributed by atoms with van der Waals surface area (Å²) in [6.07, 6.45) is 5.71. The third-order valence-electron chi connectivity index (χ3n) is 6.29. The van der Waals surface area contributed by atoms with Gasteiger partial charge in [-0.05, 0) is 25.8 Å². The Hall–Kier alpha value is -1.82. The highest BCUT2D eigenvalue weighted by Gasteiger charge is 2.58. The fraction of sp³-hybridized carbons (Fsp3) is 0.714. The highest BCUT2D eigenvalue weighted by molar-refractivity contribution is 5.81. The normalized spacial score (nSPS) is 32.6. The molecule has 3 fully saturated rings. The quantitative estimate of drug-likeness (QED) is 0.650. The standard InChI is InChI=1S/C21H32N4O2/c1-4-22-20(24-18-16-8-7-13-26-19(16)21(18,2)3)25-12-10-15(14-25)27-17-9-5-6-11-23-17/h5-6,9,11,15-16,18-19H,4,7-8,10,12-14H2,1-3H3,(H,22,24). The second-order valence-electron chi connectivity index (χ2n) is 8.48. The molecule has 3 heterocycles. The highest BCUT2D eigenvalue weighted by Crippen LogP contribution is 2.51. The Balaban J connectivity index is 1.39. The van der Waals surface area contributed by atoms with Gasteiger partial charge in [0.05, 0.1) is 12.6 Å². The number of pyridine rings is 1. The van der Waals surface area contributed by atoms with Crippen molar-refractivity contribution in [3.8, 4) is 5.88 Å². The van der Waals surface area contributed by atoms with Crippen LogP contribution in [0.3, 0.4) is 0 Å². The van der Waals surface area contributed by atoms with Gasteiger partial charge >= 0.3 is 0 Å². The number of ether oxygens (including phenoxy) is 2. The zero-order valence-electron chi connectivity index (χ0n) is 16.7. The summed E-state index contributed by atoms with van der Waals surface area (Å²) in [5.41, 5.74) is 0.142. The van der Waals surface area contributed by atoms with E-state index in [1.54, 1.807) is 6.20 Å². The number of fused-ring (bicyclic) bond motifs is 1. The van der Waals surface area contributed by atoms with Crippen molar-refractivity contribution in [3.63, 3.8) is 0 Å². The summed E-state index contributed by atoms with van der Waals surface area (Å²) in [7, 11) is 0. The lowest BCUT2D eigenvalue weighted by Gasteiger charge is -2.60. The van der Waals surface area contributed by atoms with Crippen LogP contribution in [0.5, 0.6) is 5.88 Å². The first-order valence-corrected chi connectivity index (χ1v) is 10.3. The molecule has 0 amide bonds. The van der Waals surface area contributed by atoms with Gasteiger partial charge in [0.15, 0.2) is 5.96 Å². The second-order valence-corrected chi connectivity index (χ2v) is 8.48. The van der Waals surface area contributed by atoms with Gasteiger partial charge in [0.25, 0.3) is 0 Å². The maximum atomic E-state index is 6.05. The van der Waals surface area contributed by atoms with Crippen molar-refractivity contribution in [1.29, 1.82) is 0 Å². The van der Waals surface area contributed by atoms with Crippen LogP contribution in [0.25, 0.3) is 0 Å². The van der Waals surface area contributed by atoms with E-state index in [9.17, 15) is 0 Å². The van der Waals surface area contributed by atoms with Gasteiger partial charge in [-0.3, -0.25) is 4.99 Å². The average molecular weight is 373 g/mol. The van der Waals surface area contributed by atoms with E-state index in [0.717, 1.165) is 38.6 Å². The van der Waals surface area contributed by atoms with Gasteiger partial charge in [0, 0.05) is 55.8 Å². The Kier molecular flexibility index (Phi) is 5.26. The number of aliphatic imine (C=N–C) groups is 1. The molecule has 1 saturated carbocycles. The van der Waals surface area contributed by atoms with E-state index in [0.29, 0.717) is 23.9 Å². The van der Waals surface area contributed by atoms with Crippen LogP contribution >= 0.6 is 0 Å². The van der Waals surface area contributed by atoms with Gasteiger partial charge in [0.1, 0.15) is 6.10 Å². The third kappa shape index (κ3) is 3.64. The van der Waals surface area contributed by atoms with Crippen LogP contribution < -0.4 is 10.1 Å². The monoisotopic (exact) mass is 372 g/mol. The number of aromatic nitrogens is 1. The van der Waals surface area contributed by atoms with Crippen LogP contribution in [-0.2, 0) is 4.74 Å². The molecule has 1 aromatic heterocycles. The molecular formula is C21H32N4O2. The van der Waals surface area contributed by atoms with E-state index in [1.165, 1.54) is 12.8 Å². The van der Waals surface area contributed by atoms with Crippen molar-refractivity contribution in [2.45, 2.75) is 58.3 Å². The highest BCUT2D eigenvalue weighted by atomic mass is 16.5. The number of nitrogens with zero attached hydrogens (tertiary/aromatic N) is 3. The SMILES string of the molecule is CCN=C(NC1C2CCCOC2C1(C)C)N1CCC(Oc2ccccn2)C1. The van der Waals surface area contributed by atoms with Crippen molar-refractivity contribution in [2.24, 2.45) is 16.3 Å². The molecular weight excluding hydrogens is 340 g/mol. The largest absolute Gasteiger partial charge is 0.472 e. The maximum absolute atomic E-state index is 6.05. The summed E-state index contributed by atoms with van der Waals surface area (Å²) >= 11 is 0. The number of likely N-dealkylation sites (tertiary alicyclic amines) is 1. The summed E-state index contributed by atoms with van der Waals surface area (Å²) in [5.74, 6) is 2.32. The fourth-order valence-corrected chi connectivity index (χ4v) is 4.95. The molecule has 6 heteroatoms. The zero-order valence-corrected chi connectivity index (χ0v) is 16.7. The molecule has 3 aliphatic rings. The van der Waals surface area contributed by atoms with Crippen LogP contribution in [0, 0.1) is 11.3 Å². The molecule has 0 aromatic carbocycles. The Morgan fingerprint density at radius 2 is 2.30 bits per heavy atom. The van der Waals surface area contributed by atoms with E-state index in [4.69, 9.17) is 14.5 Å². The van der Waals surface area contributed by atoms with Crippen LogP contribution in [0.15, 0.2) is 29.4 Å². The Morgan fingerprint density at radius 1 is 1.41 bits per heavy atom. The first-order chi connectivity index (χ1) is 13.1. The van der Waals surface area contributed by atoms with Crippen LogP contribution in [-0.4, -0.2) is 60.3 Å². The van der Waals surface area contributed by atoms with E-state index in [-0.39, 0.29) is 11.5 Å².